The molecule has 12 rings (SSSR count). The number of anilines is 6. The largest absolute Gasteiger partial charge is 0.311 e. The van der Waals surface area contributed by atoms with Gasteiger partial charge in [-0.05, 0) is 141 Å². The summed E-state index contributed by atoms with van der Waals surface area (Å²) in [5.74, 6) is 0. The molecular formula is C62H43N3. The first-order chi connectivity index (χ1) is 32.2. The van der Waals surface area contributed by atoms with Crippen LogP contribution in [0.1, 0.15) is 0 Å². The Morgan fingerprint density at radius 1 is 0.246 bits per heavy atom. The Morgan fingerprint density at radius 2 is 0.646 bits per heavy atom. The molecule has 0 saturated carbocycles. The van der Waals surface area contributed by atoms with Gasteiger partial charge in [0.1, 0.15) is 0 Å². The summed E-state index contributed by atoms with van der Waals surface area (Å²) in [6.45, 7) is 0. The van der Waals surface area contributed by atoms with Gasteiger partial charge in [-0.15, -0.1) is 0 Å². The number of rotatable bonds is 10. The summed E-state index contributed by atoms with van der Waals surface area (Å²) in [7, 11) is 0. The molecule has 11 aromatic carbocycles. The summed E-state index contributed by atoms with van der Waals surface area (Å²) >= 11 is 0. The molecule has 12 aromatic rings. The second-order valence-corrected chi connectivity index (χ2v) is 16.6. The molecule has 1 heterocycles. The number of nitrogens with zero attached hydrogens (tertiary/aromatic N) is 3. The number of hydrogen-bond acceptors (Lipinski definition) is 2. The van der Waals surface area contributed by atoms with Crippen molar-refractivity contribution in [1.82, 2.24) is 4.57 Å². The lowest BCUT2D eigenvalue weighted by molar-refractivity contribution is 1.18. The molecule has 0 spiro atoms. The molecule has 0 aliphatic rings. The van der Waals surface area contributed by atoms with Crippen LogP contribution in [-0.2, 0) is 0 Å². The molecule has 0 unspecified atom stereocenters. The van der Waals surface area contributed by atoms with Gasteiger partial charge in [-0.2, -0.15) is 0 Å². The summed E-state index contributed by atoms with van der Waals surface area (Å²) in [6.07, 6.45) is 0. The Labute approximate surface area is 379 Å². The minimum Gasteiger partial charge on any atom is -0.311 e. The smallest absolute Gasteiger partial charge is 0.0547 e. The molecule has 0 aliphatic heterocycles. The molecular weight excluding hydrogens is 787 g/mol. The Bertz CT molecular complexity index is 3490. The van der Waals surface area contributed by atoms with E-state index in [2.05, 4.69) is 275 Å². The molecule has 0 bridgehead atoms. The van der Waals surface area contributed by atoms with Crippen molar-refractivity contribution in [3.05, 3.63) is 261 Å². The van der Waals surface area contributed by atoms with Crippen molar-refractivity contribution in [3.63, 3.8) is 0 Å². The molecule has 3 nitrogen and oxygen atoms in total. The van der Waals surface area contributed by atoms with Crippen molar-refractivity contribution in [1.29, 1.82) is 0 Å². The zero-order chi connectivity index (χ0) is 43.1. The predicted octanol–water partition coefficient (Wildman–Crippen LogP) is 17.3. The Kier molecular flexibility index (Phi) is 9.50. The van der Waals surface area contributed by atoms with Crippen molar-refractivity contribution < 1.29 is 0 Å². The average molecular weight is 830 g/mol. The molecule has 0 saturated heterocycles. The van der Waals surface area contributed by atoms with Gasteiger partial charge < -0.3 is 14.4 Å². The first-order valence-corrected chi connectivity index (χ1v) is 22.3. The summed E-state index contributed by atoms with van der Waals surface area (Å²) in [6, 6.07) is 94.1. The maximum absolute atomic E-state index is 2.43. The van der Waals surface area contributed by atoms with E-state index in [0.717, 1.165) is 39.8 Å². The van der Waals surface area contributed by atoms with Crippen LogP contribution in [0.4, 0.5) is 34.1 Å². The molecule has 1 aromatic heterocycles. The first kappa shape index (κ1) is 38.0. The second-order valence-electron chi connectivity index (χ2n) is 16.6. The van der Waals surface area contributed by atoms with Crippen molar-refractivity contribution in [3.8, 4) is 39.1 Å². The fourth-order valence-corrected chi connectivity index (χ4v) is 9.67. The van der Waals surface area contributed by atoms with Gasteiger partial charge in [0.15, 0.2) is 0 Å². The molecule has 0 atom stereocenters. The minimum absolute atomic E-state index is 1.08. The lowest BCUT2D eigenvalue weighted by Gasteiger charge is -2.28. The van der Waals surface area contributed by atoms with E-state index < -0.39 is 0 Å². The van der Waals surface area contributed by atoms with Crippen LogP contribution in [0.5, 0.6) is 0 Å². The van der Waals surface area contributed by atoms with Crippen LogP contribution in [0.15, 0.2) is 261 Å². The van der Waals surface area contributed by atoms with Crippen LogP contribution >= 0.6 is 0 Å². The summed E-state index contributed by atoms with van der Waals surface area (Å²) < 4.78 is 2.43. The topological polar surface area (TPSA) is 11.4 Å². The van der Waals surface area contributed by atoms with Crippen molar-refractivity contribution in [2.75, 3.05) is 9.80 Å². The van der Waals surface area contributed by atoms with Crippen LogP contribution in [0.2, 0.25) is 0 Å². The lowest BCUT2D eigenvalue weighted by atomic mass is 9.94. The van der Waals surface area contributed by atoms with Gasteiger partial charge >= 0.3 is 0 Å². The van der Waals surface area contributed by atoms with Crippen LogP contribution in [0, 0.1) is 0 Å². The van der Waals surface area contributed by atoms with E-state index >= 15 is 0 Å². The average Bonchev–Trinajstić information content (AvgIpc) is 3.73. The SMILES string of the molecule is c1ccc(-c2ccc(N(c3ccc(-c4ccc5c6c4ccc4cccc(c46)n5-c4ccc(-c5ccccc5)cc4)cc3)c3ccc(N(c4ccccc4)c4ccccc4)cc3)cc2)cc1. The summed E-state index contributed by atoms with van der Waals surface area (Å²) in [5, 5.41) is 5.11. The lowest BCUT2D eigenvalue weighted by Crippen LogP contribution is -2.12. The predicted molar refractivity (Wildman–Crippen MR) is 275 cm³/mol. The van der Waals surface area contributed by atoms with Gasteiger partial charge in [0, 0.05) is 50.6 Å². The molecule has 306 valence electrons. The Hall–Kier alpha value is -8.66. The van der Waals surface area contributed by atoms with Crippen molar-refractivity contribution >= 4 is 66.7 Å². The highest BCUT2D eigenvalue weighted by molar-refractivity contribution is 6.26. The first-order valence-electron chi connectivity index (χ1n) is 22.3. The highest BCUT2D eigenvalue weighted by atomic mass is 15.2. The Balaban J connectivity index is 0.935. The molecule has 0 fully saturated rings. The third-order valence-corrected chi connectivity index (χ3v) is 12.8. The third kappa shape index (κ3) is 6.87. The number of para-hydroxylation sites is 2. The van der Waals surface area contributed by atoms with Gasteiger partial charge in [0.25, 0.3) is 0 Å². The molecule has 0 aliphatic carbocycles. The van der Waals surface area contributed by atoms with E-state index in [1.165, 1.54) is 66.0 Å². The van der Waals surface area contributed by atoms with E-state index in [9.17, 15) is 0 Å². The fraction of sp³-hybridized carbons (Fsp3) is 0. The van der Waals surface area contributed by atoms with Crippen LogP contribution < -0.4 is 9.80 Å². The van der Waals surface area contributed by atoms with Crippen LogP contribution in [-0.4, -0.2) is 4.57 Å². The normalized spacial score (nSPS) is 11.4. The van der Waals surface area contributed by atoms with E-state index in [1.807, 2.05) is 0 Å². The number of benzene rings is 11. The highest BCUT2D eigenvalue weighted by Gasteiger charge is 2.20. The van der Waals surface area contributed by atoms with Crippen molar-refractivity contribution in [2.45, 2.75) is 0 Å². The Morgan fingerprint density at radius 3 is 1.15 bits per heavy atom. The maximum Gasteiger partial charge on any atom is 0.0547 e. The fourth-order valence-electron chi connectivity index (χ4n) is 9.67. The quantitative estimate of drug-likeness (QED) is 0.127. The number of aromatic nitrogens is 1. The van der Waals surface area contributed by atoms with Crippen molar-refractivity contribution in [2.24, 2.45) is 0 Å². The molecule has 3 heteroatoms. The van der Waals surface area contributed by atoms with E-state index in [-0.39, 0.29) is 0 Å². The van der Waals surface area contributed by atoms with Gasteiger partial charge in [-0.1, -0.05) is 164 Å². The molecule has 0 radical (unpaired) electrons. The number of hydrogen-bond donors (Lipinski definition) is 0. The standard InChI is InChI=1S/C62H43N3/c1-5-14-44(15-6-1)46-24-31-52(32-25-46)64(55-39-37-54(38-40-55)63(50-19-9-3-10-20-50)51-21-11-4-12-22-51)53-35-28-48(29-36-53)57-42-43-60-62-58(57)41-30-49-18-13-23-59(61(49)62)65(60)56-33-26-47(27-34-56)45-16-7-2-8-17-45/h1-43H. The van der Waals surface area contributed by atoms with Gasteiger partial charge in [0.2, 0.25) is 0 Å². The second kappa shape index (κ2) is 16.2. The van der Waals surface area contributed by atoms with Gasteiger partial charge in [-0.25, -0.2) is 0 Å². The summed E-state index contributed by atoms with van der Waals surface area (Å²) in [5.41, 5.74) is 17.4. The maximum atomic E-state index is 2.43. The third-order valence-electron chi connectivity index (χ3n) is 12.8. The van der Waals surface area contributed by atoms with Crippen LogP contribution in [0.25, 0.3) is 71.6 Å². The zero-order valence-electron chi connectivity index (χ0n) is 35.7. The van der Waals surface area contributed by atoms with Crippen LogP contribution in [0.3, 0.4) is 0 Å². The van der Waals surface area contributed by atoms with E-state index in [1.54, 1.807) is 0 Å². The van der Waals surface area contributed by atoms with E-state index in [0.29, 0.717) is 0 Å². The van der Waals surface area contributed by atoms with Gasteiger partial charge in [-0.3, -0.25) is 0 Å². The highest BCUT2D eigenvalue weighted by Crippen LogP contribution is 2.44. The minimum atomic E-state index is 1.08. The summed E-state index contributed by atoms with van der Waals surface area (Å²) in [4.78, 5) is 4.66. The zero-order valence-corrected chi connectivity index (χ0v) is 35.7. The van der Waals surface area contributed by atoms with E-state index in [4.69, 9.17) is 0 Å². The molecule has 65 heavy (non-hydrogen) atoms. The van der Waals surface area contributed by atoms with Gasteiger partial charge in [0.05, 0.1) is 11.0 Å². The molecule has 0 N–H and O–H groups in total. The molecule has 0 amide bonds. The monoisotopic (exact) mass is 829 g/mol.